The van der Waals surface area contributed by atoms with Crippen molar-refractivity contribution in [3.8, 4) is 11.5 Å². The first-order chi connectivity index (χ1) is 11.0. The predicted molar refractivity (Wildman–Crippen MR) is 88.7 cm³/mol. The van der Waals surface area contributed by atoms with E-state index in [1.165, 1.54) is 11.8 Å². The number of ether oxygens (including phenoxy) is 2. The Kier molecular flexibility index (Phi) is 7.66. The van der Waals surface area contributed by atoms with Crippen molar-refractivity contribution in [2.45, 2.75) is 13.3 Å². The van der Waals surface area contributed by atoms with Crippen LogP contribution in [0.5, 0.6) is 11.5 Å². The average Bonchev–Trinajstić information content (AvgIpc) is 2.55. The molecule has 0 aliphatic heterocycles. The van der Waals surface area contributed by atoms with E-state index in [9.17, 15) is 9.59 Å². The van der Waals surface area contributed by atoms with Crippen molar-refractivity contribution < 1.29 is 19.1 Å². The minimum absolute atomic E-state index is 0.0382. The summed E-state index contributed by atoms with van der Waals surface area (Å²) in [5, 5.41) is 2.66. The van der Waals surface area contributed by atoms with Crippen LogP contribution in [0.15, 0.2) is 30.9 Å². The summed E-state index contributed by atoms with van der Waals surface area (Å²) in [5.74, 6) is 0.957. The summed E-state index contributed by atoms with van der Waals surface area (Å²) in [6.45, 7) is 5.87. The number of nitrogens with one attached hydrogen (secondary N) is 1. The summed E-state index contributed by atoms with van der Waals surface area (Å²) >= 11 is 0. The lowest BCUT2D eigenvalue weighted by molar-refractivity contribution is -0.134. The quantitative estimate of drug-likeness (QED) is 0.698. The Morgan fingerprint density at radius 1 is 1.26 bits per heavy atom. The molecule has 6 nitrogen and oxygen atoms in total. The SMILES string of the molecule is C=CCNC(=O)CN(CCc1ccc(OC)c(OC)c1)C(C)=O. The molecule has 0 aliphatic carbocycles. The van der Waals surface area contributed by atoms with Gasteiger partial charge in [-0.25, -0.2) is 0 Å². The lowest BCUT2D eigenvalue weighted by Crippen LogP contribution is -2.40. The van der Waals surface area contributed by atoms with Gasteiger partial charge >= 0.3 is 0 Å². The van der Waals surface area contributed by atoms with Crippen LogP contribution in [0.2, 0.25) is 0 Å². The molecule has 0 saturated heterocycles. The normalized spacial score (nSPS) is 9.87. The summed E-state index contributed by atoms with van der Waals surface area (Å²) in [6.07, 6.45) is 2.22. The van der Waals surface area contributed by atoms with E-state index >= 15 is 0 Å². The molecule has 0 bridgehead atoms. The van der Waals surface area contributed by atoms with Crippen LogP contribution in [0, 0.1) is 0 Å². The predicted octanol–water partition coefficient (Wildman–Crippen LogP) is 1.40. The molecule has 0 radical (unpaired) electrons. The largest absolute Gasteiger partial charge is 0.493 e. The van der Waals surface area contributed by atoms with E-state index in [-0.39, 0.29) is 18.4 Å². The van der Waals surface area contributed by atoms with E-state index < -0.39 is 0 Å². The summed E-state index contributed by atoms with van der Waals surface area (Å²) in [5.41, 5.74) is 1.00. The third kappa shape index (κ3) is 6.02. The molecular formula is C17H24N2O4. The van der Waals surface area contributed by atoms with E-state index in [1.807, 2.05) is 18.2 Å². The van der Waals surface area contributed by atoms with Gasteiger partial charge in [0, 0.05) is 20.0 Å². The van der Waals surface area contributed by atoms with E-state index in [0.29, 0.717) is 31.0 Å². The van der Waals surface area contributed by atoms with Gasteiger partial charge in [0.25, 0.3) is 0 Å². The number of methoxy groups -OCH3 is 2. The zero-order valence-corrected chi connectivity index (χ0v) is 13.9. The standard InChI is InChI=1S/C17H24N2O4/c1-5-9-18-17(21)12-19(13(2)20)10-8-14-6-7-15(22-3)16(11-14)23-4/h5-7,11H,1,8-10,12H2,2-4H3,(H,18,21). The highest BCUT2D eigenvalue weighted by Crippen LogP contribution is 2.27. The van der Waals surface area contributed by atoms with Crippen LogP contribution in [-0.4, -0.2) is 50.6 Å². The summed E-state index contributed by atoms with van der Waals surface area (Å²) < 4.78 is 10.5. The Bertz CT molecular complexity index is 558. The van der Waals surface area contributed by atoms with Crippen LogP contribution in [0.25, 0.3) is 0 Å². The first-order valence-electron chi connectivity index (χ1n) is 7.35. The Balaban J connectivity index is 2.66. The molecule has 126 valence electrons. The number of carbonyl (C=O) groups excluding carboxylic acids is 2. The smallest absolute Gasteiger partial charge is 0.239 e. The lowest BCUT2D eigenvalue weighted by Gasteiger charge is -2.20. The molecule has 0 unspecified atom stereocenters. The number of hydrogen-bond donors (Lipinski definition) is 1. The molecule has 0 spiro atoms. The molecule has 1 rings (SSSR count). The van der Waals surface area contributed by atoms with Gasteiger partial charge in [-0.1, -0.05) is 12.1 Å². The summed E-state index contributed by atoms with van der Waals surface area (Å²) in [7, 11) is 3.16. The Labute approximate surface area is 137 Å². The number of nitrogens with zero attached hydrogens (tertiary/aromatic N) is 1. The Hall–Kier alpha value is -2.50. The fraction of sp³-hybridized carbons (Fsp3) is 0.412. The number of amides is 2. The van der Waals surface area contributed by atoms with Crippen LogP contribution in [0.3, 0.4) is 0 Å². The van der Waals surface area contributed by atoms with Crippen molar-refractivity contribution in [3.05, 3.63) is 36.4 Å². The third-order valence-electron chi connectivity index (χ3n) is 3.34. The van der Waals surface area contributed by atoms with Crippen molar-refractivity contribution in [1.29, 1.82) is 0 Å². The van der Waals surface area contributed by atoms with E-state index in [1.54, 1.807) is 20.3 Å². The average molecular weight is 320 g/mol. The van der Waals surface area contributed by atoms with E-state index in [0.717, 1.165) is 5.56 Å². The van der Waals surface area contributed by atoms with Crippen LogP contribution in [-0.2, 0) is 16.0 Å². The number of hydrogen-bond acceptors (Lipinski definition) is 4. The molecule has 23 heavy (non-hydrogen) atoms. The second-order valence-corrected chi connectivity index (χ2v) is 4.97. The minimum Gasteiger partial charge on any atom is -0.493 e. The molecule has 0 fully saturated rings. The van der Waals surface area contributed by atoms with Gasteiger partial charge in [-0.15, -0.1) is 6.58 Å². The fourth-order valence-electron chi connectivity index (χ4n) is 2.06. The molecule has 0 saturated carbocycles. The highest BCUT2D eigenvalue weighted by Gasteiger charge is 2.13. The Morgan fingerprint density at radius 2 is 1.96 bits per heavy atom. The summed E-state index contributed by atoms with van der Waals surface area (Å²) in [6, 6.07) is 5.61. The maximum Gasteiger partial charge on any atom is 0.239 e. The maximum absolute atomic E-state index is 11.7. The Morgan fingerprint density at radius 3 is 2.52 bits per heavy atom. The van der Waals surface area contributed by atoms with Crippen LogP contribution >= 0.6 is 0 Å². The van der Waals surface area contributed by atoms with Gasteiger partial charge in [0.2, 0.25) is 11.8 Å². The number of benzene rings is 1. The second-order valence-electron chi connectivity index (χ2n) is 4.97. The molecule has 1 aromatic carbocycles. The lowest BCUT2D eigenvalue weighted by atomic mass is 10.1. The van der Waals surface area contributed by atoms with Gasteiger partial charge in [-0.2, -0.15) is 0 Å². The third-order valence-corrected chi connectivity index (χ3v) is 3.34. The van der Waals surface area contributed by atoms with Crippen molar-refractivity contribution in [2.75, 3.05) is 33.9 Å². The van der Waals surface area contributed by atoms with Crippen molar-refractivity contribution in [2.24, 2.45) is 0 Å². The first-order valence-corrected chi connectivity index (χ1v) is 7.35. The molecule has 0 aromatic heterocycles. The molecule has 6 heteroatoms. The second kappa shape index (κ2) is 9.50. The van der Waals surface area contributed by atoms with Gasteiger partial charge < -0.3 is 19.7 Å². The fourth-order valence-corrected chi connectivity index (χ4v) is 2.06. The van der Waals surface area contributed by atoms with Gasteiger partial charge in [0.05, 0.1) is 20.8 Å². The molecule has 0 atom stereocenters. The summed E-state index contributed by atoms with van der Waals surface area (Å²) in [4.78, 5) is 24.9. The van der Waals surface area contributed by atoms with Gasteiger partial charge in [0.1, 0.15) is 0 Å². The molecule has 1 N–H and O–H groups in total. The number of rotatable bonds is 9. The van der Waals surface area contributed by atoms with E-state index in [4.69, 9.17) is 9.47 Å². The molecule has 1 aromatic rings. The zero-order chi connectivity index (χ0) is 17.2. The van der Waals surface area contributed by atoms with E-state index in [2.05, 4.69) is 11.9 Å². The molecule has 2 amide bonds. The monoisotopic (exact) mass is 320 g/mol. The first kappa shape index (κ1) is 18.5. The topological polar surface area (TPSA) is 67.9 Å². The molecule has 0 heterocycles. The zero-order valence-electron chi connectivity index (χ0n) is 13.9. The highest BCUT2D eigenvalue weighted by atomic mass is 16.5. The van der Waals surface area contributed by atoms with Crippen molar-refractivity contribution in [3.63, 3.8) is 0 Å². The number of carbonyl (C=O) groups is 2. The van der Waals surface area contributed by atoms with Crippen LogP contribution in [0.4, 0.5) is 0 Å². The van der Waals surface area contributed by atoms with Crippen molar-refractivity contribution >= 4 is 11.8 Å². The van der Waals surface area contributed by atoms with Gasteiger partial charge in [-0.3, -0.25) is 9.59 Å². The van der Waals surface area contributed by atoms with Crippen molar-refractivity contribution in [1.82, 2.24) is 10.2 Å². The van der Waals surface area contributed by atoms with Gasteiger partial charge in [0.15, 0.2) is 11.5 Å². The van der Waals surface area contributed by atoms with Crippen LogP contribution < -0.4 is 14.8 Å². The minimum atomic E-state index is -0.201. The van der Waals surface area contributed by atoms with Crippen LogP contribution in [0.1, 0.15) is 12.5 Å². The highest BCUT2D eigenvalue weighted by molar-refractivity contribution is 5.83. The molecular weight excluding hydrogens is 296 g/mol. The van der Waals surface area contributed by atoms with Gasteiger partial charge in [-0.05, 0) is 24.1 Å². The maximum atomic E-state index is 11.7. The molecule has 0 aliphatic rings.